The first-order valence-electron chi connectivity index (χ1n) is 17.5. The maximum absolute atomic E-state index is 6.69. The molecule has 0 radical (unpaired) electrons. The lowest BCUT2D eigenvalue weighted by molar-refractivity contribution is 0.414. The summed E-state index contributed by atoms with van der Waals surface area (Å²) in [4.78, 5) is 4.72. The second kappa shape index (κ2) is 13.3. The van der Waals surface area contributed by atoms with Crippen molar-refractivity contribution >= 4 is 21.8 Å². The highest BCUT2D eigenvalue weighted by Crippen LogP contribution is 2.43. The largest absolute Gasteiger partial charge is 0.497 e. The van der Waals surface area contributed by atoms with Crippen LogP contribution in [-0.4, -0.2) is 26.4 Å². The van der Waals surface area contributed by atoms with Crippen molar-refractivity contribution < 1.29 is 9.47 Å². The van der Waals surface area contributed by atoms with Gasteiger partial charge in [0.15, 0.2) is 0 Å². The van der Waals surface area contributed by atoms with Crippen molar-refractivity contribution in [2.45, 2.75) is 79.1 Å². The van der Waals surface area contributed by atoms with E-state index in [4.69, 9.17) is 19.6 Å². The number of nitrogens with zero attached hydrogens (tertiary/aromatic N) is 4. The van der Waals surface area contributed by atoms with Gasteiger partial charge in [0, 0.05) is 52.3 Å². The van der Waals surface area contributed by atoms with Gasteiger partial charge in [-0.15, -0.1) is 0 Å². The first-order valence-corrected chi connectivity index (χ1v) is 17.5. The van der Waals surface area contributed by atoms with Gasteiger partial charge in [-0.1, -0.05) is 57.0 Å². The predicted octanol–water partition coefficient (Wildman–Crippen LogP) is 10.8. The number of para-hydroxylation sites is 1. The number of allylic oxidation sites excluding steroid dienone is 2. The minimum atomic E-state index is 0.424. The van der Waals surface area contributed by atoms with Crippen molar-refractivity contribution in [1.82, 2.24) is 19.3 Å². The van der Waals surface area contributed by atoms with Crippen molar-refractivity contribution in [1.29, 1.82) is 0 Å². The number of hydrogen-bond donors (Lipinski definition) is 0. The van der Waals surface area contributed by atoms with Crippen LogP contribution in [0.4, 0.5) is 0 Å². The van der Waals surface area contributed by atoms with Gasteiger partial charge < -0.3 is 9.47 Å². The van der Waals surface area contributed by atoms with Crippen LogP contribution in [0.5, 0.6) is 17.2 Å². The molecular formula is C42H46N4O2. The van der Waals surface area contributed by atoms with Crippen LogP contribution in [0.2, 0.25) is 0 Å². The molecule has 1 unspecified atom stereocenters. The van der Waals surface area contributed by atoms with Crippen molar-refractivity contribution in [3.05, 3.63) is 113 Å². The Labute approximate surface area is 284 Å². The molecular weight excluding hydrogens is 592 g/mol. The van der Waals surface area contributed by atoms with E-state index in [2.05, 4.69) is 111 Å². The summed E-state index contributed by atoms with van der Waals surface area (Å²) in [6.45, 7) is 11.4. The smallest absolute Gasteiger partial charge is 0.141 e. The van der Waals surface area contributed by atoms with E-state index in [1.165, 1.54) is 40.8 Å². The van der Waals surface area contributed by atoms with Gasteiger partial charge in [0.2, 0.25) is 0 Å². The fourth-order valence-electron chi connectivity index (χ4n) is 7.72. The van der Waals surface area contributed by atoms with Crippen LogP contribution in [0.3, 0.4) is 0 Å². The molecule has 0 spiro atoms. The summed E-state index contributed by atoms with van der Waals surface area (Å²) >= 11 is 0. The molecule has 0 aliphatic heterocycles. The zero-order chi connectivity index (χ0) is 33.4. The minimum Gasteiger partial charge on any atom is -0.497 e. The molecule has 6 nitrogen and oxygen atoms in total. The summed E-state index contributed by atoms with van der Waals surface area (Å²) in [5.74, 6) is 4.16. The van der Waals surface area contributed by atoms with Gasteiger partial charge in [0.1, 0.15) is 23.1 Å². The number of aromatic nitrogens is 4. The number of fused-ring (bicyclic) bond motifs is 3. The highest BCUT2D eigenvalue weighted by molar-refractivity contribution is 6.09. The summed E-state index contributed by atoms with van der Waals surface area (Å²) in [6.07, 6.45) is 10.8. The normalized spacial score (nSPS) is 16.4. The lowest BCUT2D eigenvalue weighted by Gasteiger charge is -2.30. The van der Waals surface area contributed by atoms with E-state index in [0.29, 0.717) is 11.8 Å². The number of hydrogen-bond acceptors (Lipinski definition) is 4. The zero-order valence-corrected chi connectivity index (χ0v) is 29.1. The van der Waals surface area contributed by atoms with E-state index in [1.807, 2.05) is 12.1 Å². The van der Waals surface area contributed by atoms with Crippen LogP contribution in [0.15, 0.2) is 90.6 Å². The average Bonchev–Trinajstić information content (AvgIpc) is 3.62. The SMILES string of the molecule is CCCCc1c(C2C(C)=CCC[C@@H]2C)c(CC)nn1-c1cc(C)cc(Oc2ccc3c4ccccc4n(-c4cc(OC)ccn4)c3c2)c1. The molecule has 3 heterocycles. The zero-order valence-electron chi connectivity index (χ0n) is 29.1. The number of pyridine rings is 1. The van der Waals surface area contributed by atoms with Crippen LogP contribution < -0.4 is 9.47 Å². The van der Waals surface area contributed by atoms with Gasteiger partial charge in [-0.2, -0.15) is 5.10 Å². The van der Waals surface area contributed by atoms with E-state index in [9.17, 15) is 0 Å². The van der Waals surface area contributed by atoms with Crippen LogP contribution in [0.1, 0.15) is 81.8 Å². The first-order chi connectivity index (χ1) is 23.4. The van der Waals surface area contributed by atoms with Gasteiger partial charge in [0.25, 0.3) is 0 Å². The third kappa shape index (κ3) is 5.78. The molecule has 2 atom stereocenters. The molecule has 48 heavy (non-hydrogen) atoms. The fourth-order valence-corrected chi connectivity index (χ4v) is 7.72. The minimum absolute atomic E-state index is 0.424. The Morgan fingerprint density at radius 3 is 2.50 bits per heavy atom. The highest BCUT2D eigenvalue weighted by atomic mass is 16.5. The molecule has 0 bridgehead atoms. The van der Waals surface area contributed by atoms with E-state index in [0.717, 1.165) is 76.4 Å². The van der Waals surface area contributed by atoms with Gasteiger partial charge in [-0.25, -0.2) is 9.67 Å². The number of aryl methyl sites for hydroxylation is 2. The molecule has 6 aromatic rings. The first kappa shape index (κ1) is 31.7. The fraction of sp³-hybridized carbons (Fsp3) is 0.333. The van der Waals surface area contributed by atoms with Crippen LogP contribution in [-0.2, 0) is 12.8 Å². The van der Waals surface area contributed by atoms with Gasteiger partial charge in [-0.05, 0) is 93.8 Å². The topological polar surface area (TPSA) is 54.1 Å². The lowest BCUT2D eigenvalue weighted by atomic mass is 9.74. The monoisotopic (exact) mass is 638 g/mol. The molecule has 7 rings (SSSR count). The van der Waals surface area contributed by atoms with Crippen molar-refractivity contribution in [3.63, 3.8) is 0 Å². The predicted molar refractivity (Wildman–Crippen MR) is 196 cm³/mol. The van der Waals surface area contributed by atoms with Crippen LogP contribution in [0, 0.1) is 12.8 Å². The molecule has 0 N–H and O–H groups in total. The third-order valence-corrected chi connectivity index (χ3v) is 10.0. The van der Waals surface area contributed by atoms with E-state index < -0.39 is 0 Å². The Morgan fingerprint density at radius 1 is 0.875 bits per heavy atom. The van der Waals surface area contributed by atoms with Gasteiger partial charge >= 0.3 is 0 Å². The standard InChI is InChI=1S/C42H46N4O2/c1-7-9-16-38-42(41-28(4)13-12-14-29(41)5)36(8-2)44-46(38)30-22-27(3)23-33(24-30)48-32-18-19-35-34-15-10-11-17-37(34)45(39(35)25-32)40-26-31(47-6)20-21-43-40/h10-11,13,15,17-26,29,41H,7-9,12,14,16H2,1-6H3/t29-,41?/m0/s1. The quantitative estimate of drug-likeness (QED) is 0.140. The number of methoxy groups -OCH3 is 1. The molecule has 0 saturated heterocycles. The van der Waals surface area contributed by atoms with Gasteiger partial charge in [-0.3, -0.25) is 4.57 Å². The molecule has 0 amide bonds. The summed E-state index contributed by atoms with van der Waals surface area (Å²) in [7, 11) is 1.68. The van der Waals surface area contributed by atoms with E-state index in [-0.39, 0.29) is 0 Å². The Balaban J connectivity index is 1.32. The van der Waals surface area contributed by atoms with Crippen molar-refractivity contribution in [2.24, 2.45) is 5.92 Å². The molecule has 3 aromatic carbocycles. The van der Waals surface area contributed by atoms with Gasteiger partial charge in [0.05, 0.1) is 29.5 Å². The van der Waals surface area contributed by atoms with Crippen molar-refractivity contribution in [3.8, 4) is 28.8 Å². The maximum Gasteiger partial charge on any atom is 0.141 e. The Bertz CT molecular complexity index is 2140. The van der Waals surface area contributed by atoms with E-state index >= 15 is 0 Å². The van der Waals surface area contributed by atoms with Crippen LogP contribution >= 0.6 is 0 Å². The summed E-state index contributed by atoms with van der Waals surface area (Å²) in [5, 5.41) is 7.63. The molecule has 0 saturated carbocycles. The van der Waals surface area contributed by atoms with E-state index in [1.54, 1.807) is 13.3 Å². The lowest BCUT2D eigenvalue weighted by Crippen LogP contribution is -2.18. The Kier molecular flexibility index (Phi) is 8.83. The molecule has 1 aliphatic rings. The molecule has 1 aliphatic carbocycles. The highest BCUT2D eigenvalue weighted by Gasteiger charge is 2.31. The van der Waals surface area contributed by atoms with Crippen molar-refractivity contribution in [2.75, 3.05) is 7.11 Å². The number of ether oxygens (including phenoxy) is 2. The average molecular weight is 639 g/mol. The van der Waals surface area contributed by atoms with Crippen LogP contribution in [0.25, 0.3) is 33.3 Å². The summed E-state index contributed by atoms with van der Waals surface area (Å²) in [6, 6.07) is 25.1. The molecule has 6 heteroatoms. The molecule has 3 aromatic heterocycles. The number of rotatable bonds is 10. The second-order valence-corrected chi connectivity index (χ2v) is 13.3. The number of benzene rings is 3. The molecule has 0 fully saturated rings. The maximum atomic E-state index is 6.69. The number of unbranched alkanes of at least 4 members (excludes halogenated alkanes) is 1. The summed E-state index contributed by atoms with van der Waals surface area (Å²) < 4.78 is 16.6. The third-order valence-electron chi connectivity index (χ3n) is 10.0. The molecule has 246 valence electrons. The summed E-state index contributed by atoms with van der Waals surface area (Å²) in [5.41, 5.74) is 9.83. The Hall–Kier alpha value is -4.84. The Morgan fingerprint density at radius 2 is 1.71 bits per heavy atom. The second-order valence-electron chi connectivity index (χ2n) is 13.3.